The molecule has 0 unspecified atom stereocenters. The van der Waals surface area contributed by atoms with E-state index in [-0.39, 0.29) is 29.5 Å². The maximum Gasteiger partial charge on any atom is 0.268 e. The number of para-hydroxylation sites is 1. The van der Waals surface area contributed by atoms with Gasteiger partial charge in [0, 0.05) is 27.6 Å². The van der Waals surface area contributed by atoms with Gasteiger partial charge in [-0.05, 0) is 31.9 Å². The minimum atomic E-state index is -0.560. The molecule has 6 nitrogen and oxygen atoms in total. The molecular formula is C24H29N3O3. The molecule has 0 aliphatic carbocycles. The number of nitrogens with one attached hydrogen (secondary N) is 3. The highest BCUT2D eigenvalue weighted by molar-refractivity contribution is 6.08. The topological polar surface area (TPSA) is 94.2 Å². The Kier molecular flexibility index (Phi) is 5.99. The van der Waals surface area contributed by atoms with E-state index in [1.807, 2.05) is 51.1 Å². The van der Waals surface area contributed by atoms with Crippen LogP contribution in [0.1, 0.15) is 44.5 Å². The fraction of sp³-hybridized carbons (Fsp3) is 0.333. The number of carbonyl (C=O) groups excluding carboxylic acids is 2. The van der Waals surface area contributed by atoms with Crippen molar-refractivity contribution in [1.82, 2.24) is 15.6 Å². The molecule has 1 fully saturated rings. The predicted octanol–water partition coefficient (Wildman–Crippen LogP) is 3.09. The minimum absolute atomic E-state index is 0.0278. The molecule has 2 amide bonds. The van der Waals surface area contributed by atoms with Crippen molar-refractivity contribution in [1.29, 1.82) is 0 Å². The lowest BCUT2D eigenvalue weighted by molar-refractivity contribution is -0.130. The maximum absolute atomic E-state index is 12.5. The fourth-order valence-electron chi connectivity index (χ4n) is 3.46. The Balaban J connectivity index is 2.20. The SMILES string of the molecule is C=CC(C)(C)c1[nH]c2c(C/C=C(/C)CO)cccc2c1/C=C1\NC(=O)[C@H](C)NC1=O. The van der Waals surface area contributed by atoms with Gasteiger partial charge in [0.1, 0.15) is 11.7 Å². The molecule has 2 heterocycles. The number of carbonyl (C=O) groups is 2. The molecular weight excluding hydrogens is 378 g/mol. The van der Waals surface area contributed by atoms with E-state index < -0.39 is 6.04 Å². The average molecular weight is 408 g/mol. The molecule has 0 spiro atoms. The highest BCUT2D eigenvalue weighted by atomic mass is 16.3. The standard InChI is InChI=1S/C24H29N3O3/c1-6-24(4,5)21-18(12-19-23(30)25-15(3)22(29)26-19)17-9-7-8-16(20(17)27-21)11-10-14(2)13-28/h6-10,12,15,27-28H,1,11,13H2,2-5H3,(H,25,30)(H,26,29)/b14-10-,19-12-/t15-/m0/s1. The molecule has 0 radical (unpaired) electrons. The first kappa shape index (κ1) is 21.6. The van der Waals surface area contributed by atoms with Gasteiger partial charge in [-0.1, -0.05) is 49.8 Å². The van der Waals surface area contributed by atoms with E-state index >= 15 is 0 Å². The molecule has 0 bridgehead atoms. The highest BCUT2D eigenvalue weighted by Crippen LogP contribution is 2.35. The molecule has 1 aromatic heterocycles. The van der Waals surface area contributed by atoms with Crippen LogP contribution >= 0.6 is 0 Å². The zero-order valence-corrected chi connectivity index (χ0v) is 17.9. The number of rotatable bonds is 6. The van der Waals surface area contributed by atoms with Crippen LogP contribution < -0.4 is 10.6 Å². The van der Waals surface area contributed by atoms with Gasteiger partial charge in [-0.15, -0.1) is 6.58 Å². The van der Waals surface area contributed by atoms with Crippen molar-refractivity contribution in [3.8, 4) is 0 Å². The monoisotopic (exact) mass is 407 g/mol. The van der Waals surface area contributed by atoms with Crippen LogP contribution in [-0.2, 0) is 21.4 Å². The van der Waals surface area contributed by atoms with Crippen LogP contribution in [0.15, 0.2) is 48.2 Å². The summed E-state index contributed by atoms with van der Waals surface area (Å²) in [6.07, 6.45) is 6.26. The van der Waals surface area contributed by atoms with E-state index in [4.69, 9.17) is 0 Å². The van der Waals surface area contributed by atoms with Gasteiger partial charge in [0.05, 0.1) is 6.61 Å². The first-order valence-electron chi connectivity index (χ1n) is 10.1. The van der Waals surface area contributed by atoms with Gasteiger partial charge >= 0.3 is 0 Å². The summed E-state index contributed by atoms with van der Waals surface area (Å²) in [5.41, 5.74) is 4.55. The molecule has 0 saturated carbocycles. The normalized spacial score (nSPS) is 19.2. The molecule has 1 aromatic carbocycles. The van der Waals surface area contributed by atoms with Crippen LogP contribution in [-0.4, -0.2) is 34.6 Å². The largest absolute Gasteiger partial charge is 0.392 e. The summed E-state index contributed by atoms with van der Waals surface area (Å²) in [7, 11) is 0. The van der Waals surface area contributed by atoms with Gasteiger partial charge in [0.25, 0.3) is 5.91 Å². The van der Waals surface area contributed by atoms with E-state index in [1.54, 1.807) is 13.0 Å². The first-order chi connectivity index (χ1) is 14.2. The second kappa shape index (κ2) is 8.32. The van der Waals surface area contributed by atoms with E-state index in [0.717, 1.165) is 33.3 Å². The molecule has 1 aliphatic heterocycles. The first-order valence-corrected chi connectivity index (χ1v) is 10.1. The van der Waals surface area contributed by atoms with Gasteiger partial charge in [-0.2, -0.15) is 0 Å². The lowest BCUT2D eigenvalue weighted by Crippen LogP contribution is -2.53. The highest BCUT2D eigenvalue weighted by Gasteiger charge is 2.29. The third kappa shape index (κ3) is 4.09. The smallest absolute Gasteiger partial charge is 0.268 e. The Morgan fingerprint density at radius 3 is 2.70 bits per heavy atom. The summed E-state index contributed by atoms with van der Waals surface area (Å²) in [4.78, 5) is 28.1. The van der Waals surface area contributed by atoms with Crippen LogP contribution in [0.3, 0.4) is 0 Å². The van der Waals surface area contributed by atoms with Gasteiger partial charge in [0.15, 0.2) is 0 Å². The Morgan fingerprint density at radius 2 is 2.03 bits per heavy atom. The number of aromatic nitrogens is 1. The number of hydrogen-bond donors (Lipinski definition) is 4. The molecule has 3 rings (SSSR count). The minimum Gasteiger partial charge on any atom is -0.392 e. The maximum atomic E-state index is 12.5. The quantitative estimate of drug-likeness (QED) is 0.438. The van der Waals surface area contributed by atoms with Crippen molar-refractivity contribution in [2.45, 2.75) is 45.6 Å². The summed E-state index contributed by atoms with van der Waals surface area (Å²) in [5.74, 6) is -0.549. The number of piperazine rings is 1. The van der Waals surface area contributed by atoms with Crippen LogP contribution in [0.2, 0.25) is 0 Å². The summed E-state index contributed by atoms with van der Waals surface area (Å²) in [5, 5.41) is 15.6. The Bertz CT molecular complexity index is 1070. The number of H-pyrrole nitrogens is 1. The number of allylic oxidation sites excluding steroid dienone is 2. The zero-order chi connectivity index (χ0) is 22.1. The van der Waals surface area contributed by atoms with Gasteiger partial charge < -0.3 is 20.7 Å². The van der Waals surface area contributed by atoms with Crippen LogP contribution in [0.4, 0.5) is 0 Å². The Morgan fingerprint density at radius 1 is 1.30 bits per heavy atom. The van der Waals surface area contributed by atoms with Crippen molar-refractivity contribution in [2.24, 2.45) is 0 Å². The van der Waals surface area contributed by atoms with Crippen molar-refractivity contribution in [2.75, 3.05) is 6.61 Å². The number of hydrogen-bond acceptors (Lipinski definition) is 3. The van der Waals surface area contributed by atoms with Crippen molar-refractivity contribution in [3.63, 3.8) is 0 Å². The summed E-state index contributed by atoms with van der Waals surface area (Å²) >= 11 is 0. The van der Waals surface area contributed by atoms with Crippen LogP contribution in [0.25, 0.3) is 17.0 Å². The Hall–Kier alpha value is -3.12. The van der Waals surface area contributed by atoms with Gasteiger partial charge in [-0.25, -0.2) is 0 Å². The van der Waals surface area contributed by atoms with Gasteiger partial charge in [0.2, 0.25) is 5.91 Å². The van der Waals surface area contributed by atoms with E-state index in [9.17, 15) is 14.7 Å². The second-order valence-electron chi connectivity index (χ2n) is 8.33. The van der Waals surface area contributed by atoms with Crippen molar-refractivity contribution >= 4 is 28.8 Å². The number of aliphatic hydroxyl groups excluding tert-OH is 1. The van der Waals surface area contributed by atoms with Gasteiger partial charge in [-0.3, -0.25) is 9.59 Å². The lowest BCUT2D eigenvalue weighted by Gasteiger charge is -2.23. The molecule has 2 aromatic rings. The summed E-state index contributed by atoms with van der Waals surface area (Å²) in [6.45, 7) is 11.6. The Labute approximate surface area is 176 Å². The third-order valence-electron chi connectivity index (χ3n) is 5.57. The number of fused-ring (bicyclic) bond motifs is 1. The molecule has 30 heavy (non-hydrogen) atoms. The average Bonchev–Trinajstić information content (AvgIpc) is 3.10. The van der Waals surface area contributed by atoms with Crippen molar-refractivity contribution in [3.05, 3.63) is 65.0 Å². The number of amides is 2. The second-order valence-corrected chi connectivity index (χ2v) is 8.33. The van der Waals surface area contributed by atoms with Crippen molar-refractivity contribution < 1.29 is 14.7 Å². The molecule has 6 heteroatoms. The molecule has 1 atom stereocenters. The molecule has 4 N–H and O–H groups in total. The lowest BCUT2D eigenvalue weighted by atomic mass is 9.86. The molecule has 1 aliphatic rings. The van der Waals surface area contributed by atoms with Crippen LogP contribution in [0.5, 0.6) is 0 Å². The van der Waals surface area contributed by atoms with E-state index in [0.29, 0.717) is 6.42 Å². The predicted molar refractivity (Wildman–Crippen MR) is 120 cm³/mol. The fourth-order valence-corrected chi connectivity index (χ4v) is 3.46. The molecule has 158 valence electrons. The third-order valence-corrected chi connectivity index (χ3v) is 5.57. The summed E-state index contributed by atoms with van der Waals surface area (Å²) in [6, 6.07) is 5.45. The zero-order valence-electron chi connectivity index (χ0n) is 17.9. The van der Waals surface area contributed by atoms with Crippen LogP contribution in [0, 0.1) is 0 Å². The van der Waals surface area contributed by atoms with E-state index in [1.165, 1.54) is 0 Å². The number of aromatic amines is 1. The summed E-state index contributed by atoms with van der Waals surface area (Å²) < 4.78 is 0. The number of aliphatic hydroxyl groups is 1. The molecule has 1 saturated heterocycles. The van der Waals surface area contributed by atoms with E-state index in [2.05, 4.69) is 22.2 Å². The number of benzene rings is 1.